The van der Waals surface area contributed by atoms with Gasteiger partial charge in [0.15, 0.2) is 5.65 Å². The second-order valence-electron chi connectivity index (χ2n) is 8.36. The Hall–Kier alpha value is -2.88. The monoisotopic (exact) mass is 448 g/mol. The van der Waals surface area contributed by atoms with Crippen molar-refractivity contribution < 1.29 is 17.9 Å². The van der Waals surface area contributed by atoms with Crippen LogP contribution in [0.4, 0.5) is 19.1 Å². The van der Waals surface area contributed by atoms with Crippen LogP contribution >= 0.6 is 0 Å². The van der Waals surface area contributed by atoms with Crippen molar-refractivity contribution in [1.29, 1.82) is 0 Å². The Labute approximate surface area is 184 Å². The van der Waals surface area contributed by atoms with Crippen molar-refractivity contribution in [3.63, 3.8) is 0 Å². The molecule has 0 aliphatic carbocycles. The average molecular weight is 448 g/mol. The quantitative estimate of drug-likeness (QED) is 0.575. The van der Waals surface area contributed by atoms with Crippen LogP contribution in [0.2, 0.25) is 0 Å². The van der Waals surface area contributed by atoms with Gasteiger partial charge < -0.3 is 15.4 Å². The predicted molar refractivity (Wildman–Crippen MR) is 115 cm³/mol. The number of nitrogens with one attached hydrogen (secondary N) is 2. The van der Waals surface area contributed by atoms with Gasteiger partial charge >= 0.3 is 12.2 Å². The zero-order valence-corrected chi connectivity index (χ0v) is 18.3. The van der Waals surface area contributed by atoms with E-state index >= 15 is 0 Å². The molecule has 2 aromatic heterocycles. The van der Waals surface area contributed by atoms with Gasteiger partial charge in [-0.1, -0.05) is 32.0 Å². The molecule has 0 radical (unpaired) electrons. The summed E-state index contributed by atoms with van der Waals surface area (Å²) in [5.41, 5.74) is 0.929. The van der Waals surface area contributed by atoms with Crippen LogP contribution in [-0.4, -0.2) is 38.8 Å². The zero-order chi connectivity index (χ0) is 22.9. The number of ether oxygens (including phenoxy) is 1. The van der Waals surface area contributed by atoms with E-state index in [1.54, 1.807) is 19.2 Å². The van der Waals surface area contributed by atoms with Gasteiger partial charge in [0.2, 0.25) is 5.95 Å². The molecule has 1 fully saturated rings. The third kappa shape index (κ3) is 4.64. The van der Waals surface area contributed by atoms with Crippen LogP contribution in [0.25, 0.3) is 5.65 Å². The number of hydrogen-bond donors (Lipinski definition) is 2. The fourth-order valence-corrected chi connectivity index (χ4v) is 3.90. The van der Waals surface area contributed by atoms with E-state index in [2.05, 4.69) is 25.7 Å². The average Bonchev–Trinajstić information content (AvgIpc) is 3.18. The maximum absolute atomic E-state index is 13.5. The number of hydrogen-bond acceptors (Lipinski definition) is 6. The number of rotatable bonds is 6. The summed E-state index contributed by atoms with van der Waals surface area (Å²) in [6.45, 7) is 7.36. The van der Waals surface area contributed by atoms with E-state index in [9.17, 15) is 13.2 Å². The van der Waals surface area contributed by atoms with E-state index < -0.39 is 17.8 Å². The summed E-state index contributed by atoms with van der Waals surface area (Å²) in [6.07, 6.45) is -0.928. The summed E-state index contributed by atoms with van der Waals surface area (Å²) in [4.78, 5) is 9.04. The van der Waals surface area contributed by atoms with Crippen LogP contribution in [0, 0.1) is 0 Å². The molecule has 7 nitrogen and oxygen atoms in total. The number of piperidine rings is 1. The first-order valence-corrected chi connectivity index (χ1v) is 10.8. The van der Waals surface area contributed by atoms with Gasteiger partial charge in [-0.05, 0) is 43.9 Å². The molecule has 2 N–H and O–H groups in total. The van der Waals surface area contributed by atoms with Gasteiger partial charge in [0.1, 0.15) is 6.10 Å². The zero-order valence-electron chi connectivity index (χ0n) is 18.3. The SMILES string of the molecule is CC(C)c1cnn2c(N[C@@H](C)c3ccccc3C(F)(F)F)nc(OC3CCCNC3)nc12. The third-order valence-corrected chi connectivity index (χ3v) is 5.60. The van der Waals surface area contributed by atoms with Gasteiger partial charge in [-0.25, -0.2) is 0 Å². The Bertz CT molecular complexity index is 1080. The minimum absolute atomic E-state index is 0.0622. The van der Waals surface area contributed by atoms with Crippen LogP contribution < -0.4 is 15.4 Å². The fraction of sp³-hybridized carbons (Fsp3) is 0.500. The fourth-order valence-electron chi connectivity index (χ4n) is 3.90. The molecule has 4 rings (SSSR count). The van der Waals surface area contributed by atoms with E-state index in [1.807, 2.05) is 13.8 Å². The lowest BCUT2D eigenvalue weighted by molar-refractivity contribution is -0.138. The minimum Gasteiger partial charge on any atom is -0.459 e. The van der Waals surface area contributed by atoms with Gasteiger partial charge in [0, 0.05) is 12.1 Å². The molecular weight excluding hydrogens is 421 g/mol. The maximum atomic E-state index is 13.5. The number of benzene rings is 1. The molecule has 0 amide bonds. The molecule has 2 atom stereocenters. The molecule has 1 unspecified atom stereocenters. The standard InChI is InChI=1S/C22H27F3N6O/c1-13(2)17-12-27-31-19(17)29-21(32-15-7-6-10-26-11-15)30-20(31)28-14(3)16-8-4-5-9-18(16)22(23,24)25/h4-5,8-9,12-15,26H,6-7,10-11H2,1-3H3,(H,28,29,30)/t14-,15?/m0/s1. The van der Waals surface area contributed by atoms with Crippen LogP contribution in [0.15, 0.2) is 30.5 Å². The van der Waals surface area contributed by atoms with Gasteiger partial charge in [0.25, 0.3) is 0 Å². The molecule has 1 aliphatic heterocycles. The summed E-state index contributed by atoms with van der Waals surface area (Å²) < 4.78 is 48.1. The Balaban J connectivity index is 1.71. The number of nitrogens with zero attached hydrogens (tertiary/aromatic N) is 4. The highest BCUT2D eigenvalue weighted by Crippen LogP contribution is 2.35. The lowest BCUT2D eigenvalue weighted by Gasteiger charge is -2.24. The van der Waals surface area contributed by atoms with Gasteiger partial charge in [-0.2, -0.15) is 32.8 Å². The second-order valence-corrected chi connectivity index (χ2v) is 8.36. The Morgan fingerprint density at radius 3 is 2.62 bits per heavy atom. The summed E-state index contributed by atoms with van der Waals surface area (Å²) in [5, 5.41) is 10.8. The van der Waals surface area contributed by atoms with Crippen LogP contribution in [0.5, 0.6) is 6.01 Å². The van der Waals surface area contributed by atoms with Crippen LogP contribution in [0.1, 0.15) is 62.3 Å². The molecule has 1 aliphatic rings. The second kappa shape index (κ2) is 8.93. The molecule has 1 saturated heterocycles. The van der Waals surface area contributed by atoms with Crippen LogP contribution in [0.3, 0.4) is 0 Å². The summed E-state index contributed by atoms with van der Waals surface area (Å²) in [6, 6.07) is 5.03. The number of anilines is 1. The number of fused-ring (bicyclic) bond motifs is 1. The van der Waals surface area contributed by atoms with Crippen molar-refractivity contribution in [2.75, 3.05) is 18.4 Å². The van der Waals surface area contributed by atoms with E-state index in [0.29, 0.717) is 12.2 Å². The maximum Gasteiger partial charge on any atom is 0.416 e. The number of alkyl halides is 3. The summed E-state index contributed by atoms with van der Waals surface area (Å²) in [5.74, 6) is 0.438. The molecule has 10 heteroatoms. The van der Waals surface area contributed by atoms with Crippen molar-refractivity contribution in [2.24, 2.45) is 0 Å². The lowest BCUT2D eigenvalue weighted by atomic mass is 10.0. The van der Waals surface area contributed by atoms with Crippen molar-refractivity contribution in [3.05, 3.63) is 47.2 Å². The number of halogens is 3. The first kappa shape index (κ1) is 22.3. The van der Waals surface area contributed by atoms with Crippen LogP contribution in [-0.2, 0) is 6.18 Å². The molecule has 172 valence electrons. The van der Waals surface area contributed by atoms with Crippen molar-refractivity contribution in [3.8, 4) is 6.01 Å². The van der Waals surface area contributed by atoms with E-state index in [4.69, 9.17) is 4.74 Å². The predicted octanol–water partition coefficient (Wildman–Crippen LogP) is 4.57. The van der Waals surface area contributed by atoms with E-state index in [1.165, 1.54) is 16.6 Å². The molecule has 0 spiro atoms. The lowest BCUT2D eigenvalue weighted by Crippen LogP contribution is -2.37. The molecule has 3 aromatic rings. The van der Waals surface area contributed by atoms with Gasteiger partial charge in [-0.15, -0.1) is 0 Å². The van der Waals surface area contributed by atoms with E-state index in [0.717, 1.165) is 31.0 Å². The first-order chi connectivity index (χ1) is 15.2. The number of aromatic nitrogens is 4. The van der Waals surface area contributed by atoms with Crippen molar-refractivity contribution >= 4 is 11.6 Å². The van der Waals surface area contributed by atoms with Gasteiger partial charge in [0.05, 0.1) is 17.8 Å². The normalized spacial score (nSPS) is 18.2. The highest BCUT2D eigenvalue weighted by molar-refractivity contribution is 5.53. The topological polar surface area (TPSA) is 76.4 Å². The molecule has 0 saturated carbocycles. The molecule has 0 bridgehead atoms. The van der Waals surface area contributed by atoms with Crippen molar-refractivity contribution in [1.82, 2.24) is 24.9 Å². The smallest absolute Gasteiger partial charge is 0.416 e. The Kier molecular flexibility index (Phi) is 6.23. The first-order valence-electron chi connectivity index (χ1n) is 10.8. The molecule has 3 heterocycles. The van der Waals surface area contributed by atoms with Gasteiger partial charge in [-0.3, -0.25) is 0 Å². The minimum atomic E-state index is -4.45. The third-order valence-electron chi connectivity index (χ3n) is 5.60. The summed E-state index contributed by atoms with van der Waals surface area (Å²) >= 11 is 0. The molecular formula is C22H27F3N6O. The highest BCUT2D eigenvalue weighted by atomic mass is 19.4. The van der Waals surface area contributed by atoms with E-state index in [-0.39, 0.29) is 29.5 Å². The molecule has 1 aromatic carbocycles. The largest absolute Gasteiger partial charge is 0.459 e. The summed E-state index contributed by atoms with van der Waals surface area (Å²) in [7, 11) is 0. The highest BCUT2D eigenvalue weighted by Gasteiger charge is 2.34. The Morgan fingerprint density at radius 1 is 1.16 bits per heavy atom. The Morgan fingerprint density at radius 2 is 1.94 bits per heavy atom. The molecule has 32 heavy (non-hydrogen) atoms. The van der Waals surface area contributed by atoms with Crippen molar-refractivity contribution in [2.45, 2.75) is 57.9 Å².